The SMILES string of the molecule is COc1cc(NC(=O)c2ccc(-c3ccc(N4CCCC4)nn3)cc2)cc(OC)c1. The van der Waals surface area contributed by atoms with Gasteiger partial charge in [-0.1, -0.05) is 12.1 Å². The molecule has 1 saturated heterocycles. The molecule has 1 aromatic heterocycles. The number of carbonyl (C=O) groups is 1. The van der Waals surface area contributed by atoms with Crippen LogP contribution in [-0.2, 0) is 0 Å². The van der Waals surface area contributed by atoms with Crippen molar-refractivity contribution in [2.45, 2.75) is 12.8 Å². The molecule has 0 saturated carbocycles. The van der Waals surface area contributed by atoms with Crippen LogP contribution in [0, 0.1) is 0 Å². The van der Waals surface area contributed by atoms with E-state index in [9.17, 15) is 4.79 Å². The van der Waals surface area contributed by atoms with E-state index < -0.39 is 0 Å². The van der Waals surface area contributed by atoms with Gasteiger partial charge in [0.25, 0.3) is 5.91 Å². The maximum absolute atomic E-state index is 12.6. The minimum absolute atomic E-state index is 0.215. The Hall–Kier alpha value is -3.61. The second kappa shape index (κ2) is 8.82. The molecule has 154 valence electrons. The Morgan fingerprint density at radius 3 is 2.13 bits per heavy atom. The fourth-order valence-corrected chi connectivity index (χ4v) is 3.47. The number of benzene rings is 2. The van der Waals surface area contributed by atoms with Gasteiger partial charge in [-0.25, -0.2) is 0 Å². The summed E-state index contributed by atoms with van der Waals surface area (Å²) in [6.45, 7) is 2.08. The highest BCUT2D eigenvalue weighted by Gasteiger charge is 2.14. The molecule has 0 spiro atoms. The van der Waals surface area contributed by atoms with Crippen LogP contribution in [-0.4, -0.2) is 43.4 Å². The van der Waals surface area contributed by atoms with Crippen LogP contribution in [0.4, 0.5) is 11.5 Å². The van der Waals surface area contributed by atoms with E-state index >= 15 is 0 Å². The van der Waals surface area contributed by atoms with E-state index in [0.29, 0.717) is 22.7 Å². The molecule has 1 aliphatic heterocycles. The van der Waals surface area contributed by atoms with E-state index in [-0.39, 0.29) is 5.91 Å². The van der Waals surface area contributed by atoms with Gasteiger partial charge in [-0.15, -0.1) is 10.2 Å². The number of carbonyl (C=O) groups excluding carboxylic acids is 1. The van der Waals surface area contributed by atoms with Crippen LogP contribution < -0.4 is 19.7 Å². The number of hydrogen-bond donors (Lipinski definition) is 1. The Morgan fingerprint density at radius 2 is 1.57 bits per heavy atom. The topological polar surface area (TPSA) is 76.6 Å². The predicted molar refractivity (Wildman–Crippen MR) is 116 cm³/mol. The van der Waals surface area contributed by atoms with E-state index in [0.717, 1.165) is 30.2 Å². The minimum atomic E-state index is -0.215. The lowest BCUT2D eigenvalue weighted by molar-refractivity contribution is 0.102. The molecular weight excluding hydrogens is 380 g/mol. The molecule has 1 fully saturated rings. The number of ether oxygens (including phenoxy) is 2. The van der Waals surface area contributed by atoms with Gasteiger partial charge in [0.15, 0.2) is 5.82 Å². The van der Waals surface area contributed by atoms with Crippen molar-refractivity contribution in [3.8, 4) is 22.8 Å². The molecule has 0 radical (unpaired) electrons. The lowest BCUT2D eigenvalue weighted by Crippen LogP contribution is -2.19. The first-order valence-electron chi connectivity index (χ1n) is 9.90. The van der Waals surface area contributed by atoms with Gasteiger partial charge in [-0.05, 0) is 37.1 Å². The first-order chi connectivity index (χ1) is 14.7. The number of methoxy groups -OCH3 is 2. The van der Waals surface area contributed by atoms with Crippen molar-refractivity contribution in [3.05, 3.63) is 60.2 Å². The first-order valence-corrected chi connectivity index (χ1v) is 9.90. The van der Waals surface area contributed by atoms with Crippen LogP contribution in [0.15, 0.2) is 54.6 Å². The Balaban J connectivity index is 1.46. The van der Waals surface area contributed by atoms with E-state index in [2.05, 4.69) is 20.4 Å². The van der Waals surface area contributed by atoms with Gasteiger partial charge in [0, 0.05) is 48.1 Å². The lowest BCUT2D eigenvalue weighted by atomic mass is 10.1. The number of anilines is 2. The fourth-order valence-electron chi connectivity index (χ4n) is 3.47. The third-order valence-electron chi connectivity index (χ3n) is 5.13. The van der Waals surface area contributed by atoms with Crippen LogP contribution >= 0.6 is 0 Å². The van der Waals surface area contributed by atoms with Crippen LogP contribution in [0.5, 0.6) is 11.5 Å². The number of hydrogen-bond acceptors (Lipinski definition) is 6. The molecule has 7 heteroatoms. The lowest BCUT2D eigenvalue weighted by Gasteiger charge is -2.15. The van der Waals surface area contributed by atoms with Crippen molar-refractivity contribution >= 4 is 17.4 Å². The van der Waals surface area contributed by atoms with Crippen molar-refractivity contribution in [1.82, 2.24) is 10.2 Å². The minimum Gasteiger partial charge on any atom is -0.497 e. The molecule has 0 atom stereocenters. The molecule has 1 N–H and O–H groups in total. The first kappa shape index (κ1) is 19.7. The van der Waals surface area contributed by atoms with Crippen LogP contribution in [0.1, 0.15) is 23.2 Å². The standard InChI is InChI=1S/C23H24N4O3/c1-29-19-13-18(14-20(15-19)30-2)24-23(28)17-7-5-16(6-8-17)21-9-10-22(26-25-21)27-11-3-4-12-27/h5-10,13-15H,3-4,11-12H2,1-2H3,(H,24,28). The summed E-state index contributed by atoms with van der Waals surface area (Å²) in [7, 11) is 3.14. The summed E-state index contributed by atoms with van der Waals surface area (Å²) in [5, 5.41) is 11.6. The summed E-state index contributed by atoms with van der Waals surface area (Å²) in [4.78, 5) is 14.9. The second-order valence-electron chi connectivity index (χ2n) is 7.10. The highest BCUT2D eigenvalue weighted by molar-refractivity contribution is 6.04. The number of aromatic nitrogens is 2. The Morgan fingerprint density at radius 1 is 0.900 bits per heavy atom. The third kappa shape index (κ3) is 4.35. The van der Waals surface area contributed by atoms with E-state index in [1.54, 1.807) is 44.6 Å². The van der Waals surface area contributed by atoms with Crippen LogP contribution in [0.2, 0.25) is 0 Å². The average molecular weight is 404 g/mol. The van der Waals surface area contributed by atoms with E-state index in [4.69, 9.17) is 9.47 Å². The second-order valence-corrected chi connectivity index (χ2v) is 7.10. The van der Waals surface area contributed by atoms with Gasteiger partial charge in [-0.3, -0.25) is 4.79 Å². The molecular formula is C23H24N4O3. The summed E-state index contributed by atoms with van der Waals surface area (Å²) in [6.07, 6.45) is 2.41. The molecule has 7 nitrogen and oxygen atoms in total. The predicted octanol–water partition coefficient (Wildman–Crippen LogP) is 4.01. The monoisotopic (exact) mass is 404 g/mol. The van der Waals surface area contributed by atoms with Crippen molar-refractivity contribution < 1.29 is 14.3 Å². The highest BCUT2D eigenvalue weighted by Crippen LogP contribution is 2.26. The molecule has 4 rings (SSSR count). The Kier molecular flexibility index (Phi) is 5.79. The maximum Gasteiger partial charge on any atom is 0.255 e. The molecule has 30 heavy (non-hydrogen) atoms. The summed E-state index contributed by atoms with van der Waals surface area (Å²) in [5.74, 6) is 1.92. The van der Waals surface area contributed by atoms with Gasteiger partial charge >= 0.3 is 0 Å². The van der Waals surface area contributed by atoms with E-state index in [1.165, 1.54) is 12.8 Å². The summed E-state index contributed by atoms with van der Waals surface area (Å²) >= 11 is 0. The van der Waals surface area contributed by atoms with Crippen molar-refractivity contribution in [2.75, 3.05) is 37.5 Å². The highest BCUT2D eigenvalue weighted by atomic mass is 16.5. The maximum atomic E-state index is 12.6. The van der Waals surface area contributed by atoms with Crippen LogP contribution in [0.25, 0.3) is 11.3 Å². The summed E-state index contributed by atoms with van der Waals surface area (Å²) in [5.41, 5.74) is 2.84. The zero-order valence-corrected chi connectivity index (χ0v) is 17.1. The Labute approximate surface area is 175 Å². The van der Waals surface area contributed by atoms with Crippen molar-refractivity contribution in [1.29, 1.82) is 0 Å². The Bertz CT molecular complexity index is 991. The molecule has 1 amide bonds. The molecule has 0 bridgehead atoms. The molecule has 0 aliphatic carbocycles. The van der Waals surface area contributed by atoms with Gasteiger partial charge in [0.1, 0.15) is 11.5 Å². The largest absolute Gasteiger partial charge is 0.497 e. The van der Waals surface area contributed by atoms with Gasteiger partial charge in [0.05, 0.1) is 19.9 Å². The normalized spacial score (nSPS) is 13.2. The molecule has 2 aromatic carbocycles. The summed E-state index contributed by atoms with van der Waals surface area (Å²) in [6, 6.07) is 16.5. The zero-order valence-electron chi connectivity index (χ0n) is 17.1. The van der Waals surface area contributed by atoms with Gasteiger partial charge < -0.3 is 19.7 Å². The zero-order chi connectivity index (χ0) is 20.9. The number of nitrogens with one attached hydrogen (secondary N) is 1. The number of nitrogens with zero attached hydrogens (tertiary/aromatic N) is 3. The number of rotatable bonds is 6. The quantitative estimate of drug-likeness (QED) is 0.669. The van der Waals surface area contributed by atoms with Crippen LogP contribution in [0.3, 0.4) is 0 Å². The summed E-state index contributed by atoms with van der Waals surface area (Å²) < 4.78 is 10.5. The van der Waals surface area contributed by atoms with Gasteiger partial charge in [-0.2, -0.15) is 0 Å². The molecule has 0 unspecified atom stereocenters. The number of amides is 1. The van der Waals surface area contributed by atoms with E-state index in [1.807, 2.05) is 24.3 Å². The average Bonchev–Trinajstić information content (AvgIpc) is 3.34. The fraction of sp³-hybridized carbons (Fsp3) is 0.261. The smallest absolute Gasteiger partial charge is 0.255 e. The van der Waals surface area contributed by atoms with Crippen molar-refractivity contribution in [3.63, 3.8) is 0 Å². The third-order valence-corrected chi connectivity index (χ3v) is 5.13. The molecule has 1 aliphatic rings. The van der Waals surface area contributed by atoms with Crippen molar-refractivity contribution in [2.24, 2.45) is 0 Å². The molecule has 3 aromatic rings. The molecule has 2 heterocycles. The van der Waals surface area contributed by atoms with Gasteiger partial charge in [0.2, 0.25) is 0 Å².